The molecule has 4 heteroatoms. The Hall–Kier alpha value is -0.160. The molecule has 76 valence electrons. The molecule has 1 heterocycles. The van der Waals surface area contributed by atoms with Crippen molar-refractivity contribution in [2.24, 2.45) is 5.73 Å². The molecule has 2 rings (SSSR count). The molecule has 1 unspecified atom stereocenters. The molecule has 13 heavy (non-hydrogen) atoms. The lowest BCUT2D eigenvalue weighted by atomic mass is 9.87. The molecule has 1 saturated carbocycles. The monoisotopic (exact) mass is 187 g/mol. The van der Waals surface area contributed by atoms with Crippen LogP contribution in [0.15, 0.2) is 0 Å². The van der Waals surface area contributed by atoms with Crippen molar-refractivity contribution < 1.29 is 14.2 Å². The highest BCUT2D eigenvalue weighted by atomic mass is 16.8. The van der Waals surface area contributed by atoms with E-state index in [1.54, 1.807) is 0 Å². The molecule has 1 aliphatic heterocycles. The molecule has 2 aliphatic rings. The van der Waals surface area contributed by atoms with Crippen LogP contribution in [0.4, 0.5) is 0 Å². The van der Waals surface area contributed by atoms with Crippen molar-refractivity contribution in [1.82, 2.24) is 0 Å². The van der Waals surface area contributed by atoms with Gasteiger partial charge in [0.15, 0.2) is 5.79 Å². The van der Waals surface area contributed by atoms with Gasteiger partial charge in [-0.25, -0.2) is 0 Å². The third-order valence-corrected chi connectivity index (χ3v) is 2.66. The second-order valence-corrected chi connectivity index (χ2v) is 3.68. The quantitative estimate of drug-likeness (QED) is 0.688. The van der Waals surface area contributed by atoms with Gasteiger partial charge < -0.3 is 19.9 Å². The predicted molar refractivity (Wildman–Crippen MR) is 47.3 cm³/mol. The third-order valence-electron chi connectivity index (χ3n) is 2.66. The van der Waals surface area contributed by atoms with Crippen LogP contribution in [0.5, 0.6) is 0 Å². The second kappa shape index (κ2) is 3.53. The zero-order valence-electron chi connectivity index (χ0n) is 7.99. The summed E-state index contributed by atoms with van der Waals surface area (Å²) in [6, 6.07) is 0. The lowest BCUT2D eigenvalue weighted by Crippen LogP contribution is -2.49. The fourth-order valence-electron chi connectivity index (χ4n) is 1.93. The number of hydrogen-bond donors (Lipinski definition) is 1. The van der Waals surface area contributed by atoms with E-state index in [9.17, 15) is 0 Å². The molecule has 0 bridgehead atoms. The molecule has 0 amide bonds. The van der Waals surface area contributed by atoms with Crippen LogP contribution >= 0.6 is 0 Å². The molecule has 2 fully saturated rings. The van der Waals surface area contributed by atoms with Gasteiger partial charge in [-0.05, 0) is 6.92 Å². The van der Waals surface area contributed by atoms with Crippen LogP contribution in [-0.4, -0.2) is 37.8 Å². The van der Waals surface area contributed by atoms with Gasteiger partial charge in [0, 0.05) is 26.0 Å². The highest BCUT2D eigenvalue weighted by molar-refractivity contribution is 4.93. The molecule has 4 nitrogen and oxygen atoms in total. The van der Waals surface area contributed by atoms with Gasteiger partial charge in [0.25, 0.3) is 0 Å². The topological polar surface area (TPSA) is 53.7 Å². The average Bonchev–Trinajstić information content (AvgIpc) is 2.48. The second-order valence-electron chi connectivity index (χ2n) is 3.68. The van der Waals surface area contributed by atoms with Crippen LogP contribution in [0, 0.1) is 0 Å². The SMILES string of the molecule is CCOC1CC2(C1)OCC(CN)O2. The van der Waals surface area contributed by atoms with E-state index in [0.717, 1.165) is 19.4 Å². The lowest BCUT2D eigenvalue weighted by molar-refractivity contribution is -0.261. The summed E-state index contributed by atoms with van der Waals surface area (Å²) < 4.78 is 16.7. The fourth-order valence-corrected chi connectivity index (χ4v) is 1.93. The maximum atomic E-state index is 5.68. The van der Waals surface area contributed by atoms with Crippen molar-refractivity contribution in [3.05, 3.63) is 0 Å². The van der Waals surface area contributed by atoms with Crippen molar-refractivity contribution in [3.8, 4) is 0 Å². The molecule has 1 atom stereocenters. The fraction of sp³-hybridized carbons (Fsp3) is 1.00. The van der Waals surface area contributed by atoms with Crippen LogP contribution in [-0.2, 0) is 14.2 Å². The summed E-state index contributed by atoms with van der Waals surface area (Å²) in [6.45, 7) is 3.95. The minimum absolute atomic E-state index is 0.0857. The maximum absolute atomic E-state index is 5.68. The average molecular weight is 187 g/mol. The Labute approximate surface area is 78.3 Å². The third kappa shape index (κ3) is 1.72. The Bertz CT molecular complexity index is 180. The summed E-state index contributed by atoms with van der Waals surface area (Å²) in [4.78, 5) is 0. The normalized spacial score (nSPS) is 43.8. The van der Waals surface area contributed by atoms with Crippen molar-refractivity contribution in [2.45, 2.75) is 37.8 Å². The van der Waals surface area contributed by atoms with Crippen molar-refractivity contribution in [1.29, 1.82) is 0 Å². The number of rotatable bonds is 3. The smallest absolute Gasteiger partial charge is 0.173 e. The Morgan fingerprint density at radius 2 is 2.31 bits per heavy atom. The van der Waals surface area contributed by atoms with Gasteiger partial charge in [-0.2, -0.15) is 0 Å². The molecule has 0 aromatic heterocycles. The minimum Gasteiger partial charge on any atom is -0.378 e. The maximum Gasteiger partial charge on any atom is 0.173 e. The van der Waals surface area contributed by atoms with E-state index in [2.05, 4.69) is 0 Å². The molecule has 0 radical (unpaired) electrons. The molecule has 1 saturated heterocycles. The van der Waals surface area contributed by atoms with Gasteiger partial charge in [-0.3, -0.25) is 0 Å². The summed E-state index contributed by atoms with van der Waals surface area (Å²) in [7, 11) is 0. The van der Waals surface area contributed by atoms with Gasteiger partial charge in [0.1, 0.15) is 0 Å². The predicted octanol–water partition coefficient (Wildman–Crippen LogP) is 0.256. The Morgan fingerprint density at radius 1 is 1.54 bits per heavy atom. The zero-order chi connectivity index (χ0) is 9.31. The lowest BCUT2D eigenvalue weighted by Gasteiger charge is -2.42. The van der Waals surface area contributed by atoms with E-state index in [-0.39, 0.29) is 11.9 Å². The molecular weight excluding hydrogens is 170 g/mol. The van der Waals surface area contributed by atoms with E-state index in [1.165, 1.54) is 0 Å². The Kier molecular flexibility index (Phi) is 2.55. The van der Waals surface area contributed by atoms with E-state index in [1.807, 2.05) is 6.92 Å². The van der Waals surface area contributed by atoms with Gasteiger partial charge in [0.2, 0.25) is 0 Å². The molecule has 2 N–H and O–H groups in total. The van der Waals surface area contributed by atoms with Crippen LogP contribution < -0.4 is 5.73 Å². The number of nitrogens with two attached hydrogens (primary N) is 1. The highest BCUT2D eigenvalue weighted by Gasteiger charge is 2.52. The van der Waals surface area contributed by atoms with Gasteiger partial charge in [0.05, 0.1) is 18.8 Å². The first-order valence-corrected chi connectivity index (χ1v) is 4.91. The summed E-state index contributed by atoms with van der Waals surface area (Å²) in [5, 5.41) is 0. The summed E-state index contributed by atoms with van der Waals surface area (Å²) in [6.07, 6.45) is 2.12. The molecule has 0 aromatic rings. The van der Waals surface area contributed by atoms with Gasteiger partial charge >= 0.3 is 0 Å². The highest BCUT2D eigenvalue weighted by Crippen LogP contribution is 2.43. The van der Waals surface area contributed by atoms with Crippen molar-refractivity contribution in [3.63, 3.8) is 0 Å². The molecular formula is C9H17NO3. The first-order valence-electron chi connectivity index (χ1n) is 4.91. The largest absolute Gasteiger partial charge is 0.378 e. The number of ether oxygens (including phenoxy) is 3. The van der Waals surface area contributed by atoms with E-state index in [4.69, 9.17) is 19.9 Å². The van der Waals surface area contributed by atoms with E-state index in [0.29, 0.717) is 19.3 Å². The van der Waals surface area contributed by atoms with E-state index < -0.39 is 0 Å². The molecule has 1 aliphatic carbocycles. The van der Waals surface area contributed by atoms with Crippen molar-refractivity contribution in [2.75, 3.05) is 19.8 Å². The molecule has 1 spiro atoms. The van der Waals surface area contributed by atoms with Gasteiger partial charge in [-0.15, -0.1) is 0 Å². The molecule has 0 aromatic carbocycles. The van der Waals surface area contributed by atoms with Crippen LogP contribution in [0.1, 0.15) is 19.8 Å². The van der Waals surface area contributed by atoms with E-state index >= 15 is 0 Å². The minimum atomic E-state index is -0.343. The standard InChI is InChI=1S/C9H17NO3/c1-2-11-7-3-9(4-7)12-6-8(5-10)13-9/h7-8H,2-6,10H2,1H3. The summed E-state index contributed by atoms with van der Waals surface area (Å²) in [5.41, 5.74) is 5.49. The summed E-state index contributed by atoms with van der Waals surface area (Å²) in [5.74, 6) is -0.343. The summed E-state index contributed by atoms with van der Waals surface area (Å²) >= 11 is 0. The first kappa shape index (κ1) is 9.40. The zero-order valence-corrected chi connectivity index (χ0v) is 7.99. The Balaban J connectivity index is 1.78. The first-order chi connectivity index (χ1) is 6.28. The van der Waals surface area contributed by atoms with Crippen LogP contribution in [0.25, 0.3) is 0 Å². The van der Waals surface area contributed by atoms with Crippen LogP contribution in [0.2, 0.25) is 0 Å². The number of hydrogen-bond acceptors (Lipinski definition) is 4. The van der Waals surface area contributed by atoms with Crippen LogP contribution in [0.3, 0.4) is 0 Å². The Morgan fingerprint density at radius 3 is 2.85 bits per heavy atom. The van der Waals surface area contributed by atoms with Gasteiger partial charge in [-0.1, -0.05) is 0 Å². The van der Waals surface area contributed by atoms with Crippen molar-refractivity contribution >= 4 is 0 Å².